The lowest BCUT2D eigenvalue weighted by atomic mass is 9.96. The van der Waals surface area contributed by atoms with E-state index in [4.69, 9.17) is 17.2 Å². The van der Waals surface area contributed by atoms with Crippen LogP contribution < -0.4 is 54.4 Å². The van der Waals surface area contributed by atoms with E-state index in [0.717, 1.165) is 0 Å². The Balaban J connectivity index is 2.02. The third-order valence-electron chi connectivity index (χ3n) is 11.4. The van der Waals surface area contributed by atoms with Gasteiger partial charge in [0.05, 0.1) is 13.0 Å². The first-order valence-corrected chi connectivity index (χ1v) is 23.8. The van der Waals surface area contributed by atoms with Gasteiger partial charge in [-0.25, -0.2) is 0 Å². The van der Waals surface area contributed by atoms with E-state index in [-0.39, 0.29) is 68.2 Å². The smallest absolute Gasteiger partial charge is 0.246 e. The standard InChI is InChI=1S/C44H67N11O12S/c1-5-24(4)37-43(66)50-27(14-15-33(45)57)39(62)51-30(20-34(46)58)40(63)53-31(22-68-17-7-9-36(60)49-29(41(64)54-37)19-25-10-12-26(56)13-11-25)44(67)55-16-6-8-32(55)42(65)52-28(18-23(2)3)38(61)48-21-35(47)59/h10-13,23-24,27-32,37,56H,5-9,14-22H2,1-4H3,(H2,45,57)(H2,46,58)(H2,47,59)(H,48,61)(H,49,60)(H,50,66)(H,51,62)(H,52,65)(H,53,63)(H,54,64)/t24-,27?,28-,29+,30+,31-,32-,37+/m1/s1. The van der Waals surface area contributed by atoms with E-state index < -0.39 is 133 Å². The fourth-order valence-electron chi connectivity index (χ4n) is 7.55. The van der Waals surface area contributed by atoms with Gasteiger partial charge in [0.15, 0.2) is 0 Å². The number of carbonyl (C=O) groups excluding carboxylic acids is 11. The maximum Gasteiger partial charge on any atom is 0.246 e. The Bertz CT molecular complexity index is 2010. The summed E-state index contributed by atoms with van der Waals surface area (Å²) in [5.41, 5.74) is 16.7. The molecule has 11 amide bonds. The maximum absolute atomic E-state index is 14.5. The van der Waals surface area contributed by atoms with E-state index in [9.17, 15) is 57.8 Å². The van der Waals surface area contributed by atoms with Gasteiger partial charge < -0.3 is 64.4 Å². The zero-order valence-electron chi connectivity index (χ0n) is 38.9. The van der Waals surface area contributed by atoms with Gasteiger partial charge in [0.2, 0.25) is 65.0 Å². The first-order valence-electron chi connectivity index (χ1n) is 22.7. The summed E-state index contributed by atoms with van der Waals surface area (Å²) in [4.78, 5) is 148. The normalized spacial score (nSPS) is 23.4. The van der Waals surface area contributed by atoms with E-state index >= 15 is 0 Å². The Morgan fingerprint density at radius 2 is 1.46 bits per heavy atom. The van der Waals surface area contributed by atoms with Crippen LogP contribution in [0.4, 0.5) is 0 Å². The average Bonchev–Trinajstić information content (AvgIpc) is 3.77. The van der Waals surface area contributed by atoms with E-state index in [0.29, 0.717) is 18.4 Å². The Morgan fingerprint density at radius 3 is 2.07 bits per heavy atom. The quantitative estimate of drug-likeness (QED) is 0.0753. The van der Waals surface area contributed by atoms with Crippen LogP contribution in [0.3, 0.4) is 0 Å². The summed E-state index contributed by atoms with van der Waals surface area (Å²) in [6.07, 6.45) is -0.330. The Labute approximate surface area is 399 Å². The number of aromatic hydroxyl groups is 1. The summed E-state index contributed by atoms with van der Waals surface area (Å²) in [7, 11) is 0. The molecule has 3 rings (SSSR count). The van der Waals surface area contributed by atoms with Gasteiger partial charge in [0, 0.05) is 31.6 Å². The van der Waals surface area contributed by atoms with Gasteiger partial charge in [-0.2, -0.15) is 11.8 Å². The summed E-state index contributed by atoms with van der Waals surface area (Å²) in [5, 5.41) is 27.9. The van der Waals surface area contributed by atoms with Crippen LogP contribution in [0.15, 0.2) is 24.3 Å². The van der Waals surface area contributed by atoms with Crippen molar-refractivity contribution in [3.8, 4) is 5.75 Å². The summed E-state index contributed by atoms with van der Waals surface area (Å²) >= 11 is 1.17. The SMILES string of the molecule is CC[C@@H](C)[C@@H]1NC(=O)[C@H](Cc2ccc(O)cc2)NC(=O)CCCSC[C@H](C(=O)N2CCC[C@@H]2C(=O)N[C@H](CC(C)C)C(=O)NCC(N)=O)NC(=O)[C@H](CC(N)=O)NC(=O)C(CCC(N)=O)NC1=O. The number of primary amides is 3. The fourth-order valence-corrected chi connectivity index (χ4v) is 8.53. The highest BCUT2D eigenvalue weighted by Crippen LogP contribution is 2.22. The monoisotopic (exact) mass is 973 g/mol. The number of phenols is 1. The number of rotatable bonds is 17. The minimum atomic E-state index is -1.72. The summed E-state index contributed by atoms with van der Waals surface area (Å²) in [5.74, 6) is -9.37. The molecule has 0 spiro atoms. The van der Waals surface area contributed by atoms with Gasteiger partial charge in [-0.05, 0) is 67.4 Å². The van der Waals surface area contributed by atoms with Crippen LogP contribution in [0.2, 0.25) is 0 Å². The molecule has 8 atom stereocenters. The molecule has 1 unspecified atom stereocenters. The van der Waals surface area contributed by atoms with Crippen LogP contribution in [0.25, 0.3) is 0 Å². The lowest BCUT2D eigenvalue weighted by Gasteiger charge is -2.31. The van der Waals surface area contributed by atoms with Gasteiger partial charge in [-0.3, -0.25) is 52.7 Å². The van der Waals surface area contributed by atoms with E-state index in [1.54, 1.807) is 26.0 Å². The molecule has 0 aliphatic carbocycles. The Hall–Kier alpha value is -6.46. The topological polar surface area (TPSA) is 374 Å². The molecule has 68 heavy (non-hydrogen) atoms. The molecule has 14 N–H and O–H groups in total. The van der Waals surface area contributed by atoms with Gasteiger partial charge in [-0.15, -0.1) is 0 Å². The predicted octanol–water partition coefficient (Wildman–Crippen LogP) is -2.80. The number of hydrogen-bond donors (Lipinski definition) is 11. The van der Waals surface area contributed by atoms with Crippen LogP contribution in [0.1, 0.15) is 91.0 Å². The van der Waals surface area contributed by atoms with Crippen molar-refractivity contribution in [2.75, 3.05) is 24.6 Å². The first kappa shape index (κ1) is 55.9. The number of phenolic OH excluding ortho intramolecular Hbond substituents is 1. The predicted molar refractivity (Wildman–Crippen MR) is 248 cm³/mol. The van der Waals surface area contributed by atoms with Crippen molar-refractivity contribution in [3.05, 3.63) is 29.8 Å². The molecule has 0 bridgehead atoms. The molecular formula is C44H67N11O12S. The van der Waals surface area contributed by atoms with E-state index in [1.807, 2.05) is 13.8 Å². The van der Waals surface area contributed by atoms with Crippen molar-refractivity contribution < 1.29 is 57.8 Å². The van der Waals surface area contributed by atoms with Crippen molar-refractivity contribution in [1.82, 2.24) is 42.1 Å². The minimum absolute atomic E-state index is 0.0227. The lowest BCUT2D eigenvalue weighted by Crippen LogP contribution is -2.61. The number of hydrogen-bond acceptors (Lipinski definition) is 13. The number of likely N-dealkylation sites (tertiary alicyclic amines) is 1. The number of carbonyl (C=O) groups is 11. The minimum Gasteiger partial charge on any atom is -0.508 e. The second-order valence-corrected chi connectivity index (χ2v) is 18.6. The molecule has 24 heteroatoms. The third kappa shape index (κ3) is 18.3. The molecule has 1 aromatic rings. The molecule has 0 saturated carbocycles. The number of nitrogens with two attached hydrogens (primary N) is 3. The second kappa shape index (κ2) is 27.4. The number of nitrogens with one attached hydrogen (secondary N) is 7. The Morgan fingerprint density at radius 1 is 0.809 bits per heavy atom. The molecule has 2 aliphatic rings. The molecule has 0 aromatic heterocycles. The molecule has 1 aromatic carbocycles. The van der Waals surface area contributed by atoms with Gasteiger partial charge in [0.25, 0.3) is 0 Å². The molecule has 376 valence electrons. The van der Waals surface area contributed by atoms with Crippen molar-refractivity contribution in [3.63, 3.8) is 0 Å². The highest BCUT2D eigenvalue weighted by molar-refractivity contribution is 7.99. The average molecular weight is 974 g/mol. The van der Waals surface area contributed by atoms with Crippen LogP contribution in [0.5, 0.6) is 5.75 Å². The number of benzene rings is 1. The number of amides is 11. The number of thioether (sulfide) groups is 1. The third-order valence-corrected chi connectivity index (χ3v) is 12.5. The highest BCUT2D eigenvalue weighted by Gasteiger charge is 2.40. The van der Waals surface area contributed by atoms with Crippen molar-refractivity contribution >= 4 is 76.7 Å². The molecule has 2 aliphatic heterocycles. The van der Waals surface area contributed by atoms with Gasteiger partial charge in [0.1, 0.15) is 48.0 Å². The van der Waals surface area contributed by atoms with E-state index in [1.165, 1.54) is 28.8 Å². The van der Waals surface area contributed by atoms with Crippen LogP contribution in [0, 0.1) is 11.8 Å². The van der Waals surface area contributed by atoms with E-state index in [2.05, 4.69) is 37.2 Å². The summed E-state index contributed by atoms with van der Waals surface area (Å²) in [6.45, 7) is 6.70. The van der Waals surface area contributed by atoms with Crippen LogP contribution in [-0.2, 0) is 59.2 Å². The van der Waals surface area contributed by atoms with Crippen molar-refractivity contribution in [1.29, 1.82) is 0 Å². The highest BCUT2D eigenvalue weighted by atomic mass is 32.2. The zero-order valence-corrected chi connectivity index (χ0v) is 39.7. The molecule has 2 fully saturated rings. The molecule has 23 nitrogen and oxygen atoms in total. The maximum atomic E-state index is 14.5. The molecule has 2 heterocycles. The molecule has 0 radical (unpaired) electrons. The van der Waals surface area contributed by atoms with Crippen LogP contribution in [-0.4, -0.2) is 142 Å². The lowest BCUT2D eigenvalue weighted by molar-refractivity contribution is -0.142. The van der Waals surface area contributed by atoms with Crippen LogP contribution >= 0.6 is 11.8 Å². The van der Waals surface area contributed by atoms with Gasteiger partial charge in [-0.1, -0.05) is 46.2 Å². The summed E-state index contributed by atoms with van der Waals surface area (Å²) < 4.78 is 0. The first-order chi connectivity index (χ1) is 32.1. The molecular weight excluding hydrogens is 907 g/mol. The van der Waals surface area contributed by atoms with Crippen molar-refractivity contribution in [2.24, 2.45) is 29.0 Å². The fraction of sp³-hybridized carbons (Fsp3) is 0.614. The number of nitrogens with zero attached hydrogens (tertiary/aromatic N) is 1. The largest absolute Gasteiger partial charge is 0.508 e. The summed E-state index contributed by atoms with van der Waals surface area (Å²) in [6, 6.07) is -3.37. The Kier molecular flexibility index (Phi) is 22.5. The molecule has 2 saturated heterocycles. The zero-order chi connectivity index (χ0) is 50.7. The second-order valence-electron chi connectivity index (χ2n) is 17.5. The van der Waals surface area contributed by atoms with Crippen molar-refractivity contribution in [2.45, 2.75) is 134 Å². The van der Waals surface area contributed by atoms with Gasteiger partial charge >= 0.3 is 0 Å².